The lowest BCUT2D eigenvalue weighted by molar-refractivity contribution is 1.07. The van der Waals surface area contributed by atoms with Crippen LogP contribution in [0.5, 0.6) is 0 Å². The first-order valence-electron chi connectivity index (χ1n) is 20.4. The minimum atomic E-state index is 0.633. The summed E-state index contributed by atoms with van der Waals surface area (Å²) in [6, 6.07) is 69.8. The quantitative estimate of drug-likeness (QED) is 0.174. The fourth-order valence-corrected chi connectivity index (χ4v) is 11.6. The highest BCUT2D eigenvalue weighted by Gasteiger charge is 2.21. The van der Waals surface area contributed by atoms with Crippen molar-refractivity contribution in [3.63, 3.8) is 0 Å². The van der Waals surface area contributed by atoms with Crippen LogP contribution in [-0.2, 0) is 0 Å². The molecule has 13 aromatic rings. The van der Waals surface area contributed by atoms with Gasteiger partial charge < -0.3 is 4.57 Å². The number of thiophene rings is 2. The number of nitrogens with zero attached hydrogens (tertiary/aromatic N) is 4. The highest BCUT2D eigenvalue weighted by Crippen LogP contribution is 2.45. The van der Waals surface area contributed by atoms with E-state index in [0.717, 1.165) is 39.0 Å². The van der Waals surface area contributed by atoms with Gasteiger partial charge in [-0.1, -0.05) is 140 Å². The third kappa shape index (κ3) is 5.46. The van der Waals surface area contributed by atoms with Crippen LogP contribution >= 0.6 is 22.7 Å². The van der Waals surface area contributed by atoms with Crippen molar-refractivity contribution in [2.24, 2.45) is 0 Å². The van der Waals surface area contributed by atoms with Gasteiger partial charge in [0.15, 0.2) is 17.5 Å². The van der Waals surface area contributed by atoms with Crippen molar-refractivity contribution in [1.82, 2.24) is 19.5 Å². The van der Waals surface area contributed by atoms with E-state index >= 15 is 0 Å². The van der Waals surface area contributed by atoms with Gasteiger partial charge in [0.1, 0.15) is 0 Å². The number of hydrogen-bond donors (Lipinski definition) is 0. The van der Waals surface area contributed by atoms with Crippen LogP contribution in [-0.4, -0.2) is 19.5 Å². The number of benzene rings is 9. The minimum Gasteiger partial charge on any atom is -0.309 e. The molecule has 9 aromatic carbocycles. The Bertz CT molecular complexity index is 3900. The van der Waals surface area contributed by atoms with E-state index in [1.54, 1.807) is 11.3 Å². The molecule has 0 unspecified atom stereocenters. The van der Waals surface area contributed by atoms with Crippen LogP contribution < -0.4 is 0 Å². The van der Waals surface area contributed by atoms with Crippen molar-refractivity contribution >= 4 is 95.6 Å². The smallest absolute Gasteiger partial charge is 0.164 e. The van der Waals surface area contributed by atoms with Gasteiger partial charge in [-0.3, -0.25) is 0 Å². The minimum absolute atomic E-state index is 0.633. The van der Waals surface area contributed by atoms with E-state index in [9.17, 15) is 0 Å². The third-order valence-corrected chi connectivity index (χ3v) is 14.4. The zero-order valence-electron chi connectivity index (χ0n) is 32.6. The molecule has 0 aliphatic heterocycles. The van der Waals surface area contributed by atoms with Crippen molar-refractivity contribution in [3.05, 3.63) is 194 Å². The van der Waals surface area contributed by atoms with Gasteiger partial charge in [-0.2, -0.15) is 0 Å². The van der Waals surface area contributed by atoms with E-state index in [4.69, 9.17) is 15.0 Å². The van der Waals surface area contributed by atoms with Gasteiger partial charge in [-0.05, 0) is 70.9 Å². The van der Waals surface area contributed by atoms with Crippen molar-refractivity contribution in [3.8, 4) is 51.0 Å². The molecule has 0 aliphatic carbocycles. The fourth-order valence-electron chi connectivity index (χ4n) is 9.19. The molecule has 0 spiro atoms. The number of para-hydroxylation sites is 1. The summed E-state index contributed by atoms with van der Waals surface area (Å²) in [7, 11) is 0. The second-order valence-corrected chi connectivity index (χ2v) is 17.7. The number of aromatic nitrogens is 4. The van der Waals surface area contributed by atoms with Crippen LogP contribution in [0.1, 0.15) is 0 Å². The lowest BCUT2D eigenvalue weighted by Crippen LogP contribution is -2.02. The monoisotopic (exact) mass is 812 g/mol. The van der Waals surface area contributed by atoms with Crippen molar-refractivity contribution in [1.29, 1.82) is 0 Å². The number of hydrogen-bond acceptors (Lipinski definition) is 5. The summed E-state index contributed by atoms with van der Waals surface area (Å²) in [5.41, 5.74) is 8.48. The average molecular weight is 813 g/mol. The Kier molecular flexibility index (Phi) is 7.61. The highest BCUT2D eigenvalue weighted by atomic mass is 32.1. The zero-order chi connectivity index (χ0) is 40.0. The molecule has 0 aliphatic rings. The zero-order valence-corrected chi connectivity index (χ0v) is 34.2. The van der Waals surface area contributed by atoms with E-state index in [2.05, 4.69) is 180 Å². The molecule has 0 radical (unpaired) electrons. The summed E-state index contributed by atoms with van der Waals surface area (Å²) in [5, 5.41) is 9.93. The lowest BCUT2D eigenvalue weighted by atomic mass is 9.96. The molecule has 0 bridgehead atoms. The second kappa shape index (κ2) is 13.5. The normalized spacial score (nSPS) is 11.9. The topological polar surface area (TPSA) is 43.6 Å². The Labute approximate surface area is 358 Å². The van der Waals surface area contributed by atoms with Gasteiger partial charge in [-0.15, -0.1) is 22.7 Å². The SMILES string of the molecule is c1ccc(-c2nc(-c3ccc4c(c3)sc3ccccc34)nc(-c3ccc(-n4c5ccccc5c5cc6ccccc6cc54)cc3-c3cccc4c3sc3ccccc34)n2)cc1. The first kappa shape index (κ1) is 34.4. The van der Waals surface area contributed by atoms with Crippen LogP contribution in [0.3, 0.4) is 0 Å². The maximum Gasteiger partial charge on any atom is 0.164 e. The van der Waals surface area contributed by atoms with Gasteiger partial charge >= 0.3 is 0 Å². The van der Waals surface area contributed by atoms with E-state index in [1.165, 1.54) is 67.4 Å². The number of fused-ring (bicyclic) bond motifs is 10. The van der Waals surface area contributed by atoms with E-state index < -0.39 is 0 Å². The van der Waals surface area contributed by atoms with Crippen LogP contribution in [0.4, 0.5) is 0 Å². The Morgan fingerprint density at radius 1 is 0.328 bits per heavy atom. The molecule has 0 atom stereocenters. The molecule has 61 heavy (non-hydrogen) atoms. The van der Waals surface area contributed by atoms with Gasteiger partial charge in [-0.25, -0.2) is 15.0 Å². The molecule has 0 saturated carbocycles. The summed E-state index contributed by atoms with van der Waals surface area (Å²) >= 11 is 3.64. The Morgan fingerprint density at radius 2 is 0.967 bits per heavy atom. The summed E-state index contributed by atoms with van der Waals surface area (Å²) in [6.45, 7) is 0. The highest BCUT2D eigenvalue weighted by molar-refractivity contribution is 7.26. The van der Waals surface area contributed by atoms with Crippen molar-refractivity contribution in [2.45, 2.75) is 0 Å². The molecular formula is C55H32N4S2. The summed E-state index contributed by atoms with van der Waals surface area (Å²) < 4.78 is 7.41. The number of rotatable bonds is 5. The predicted molar refractivity (Wildman–Crippen MR) is 259 cm³/mol. The predicted octanol–water partition coefficient (Wildman–Crippen LogP) is 15.5. The second-order valence-electron chi connectivity index (χ2n) is 15.6. The third-order valence-electron chi connectivity index (χ3n) is 12.0. The first-order chi connectivity index (χ1) is 30.2. The van der Waals surface area contributed by atoms with Crippen LogP contribution in [0.15, 0.2) is 194 Å². The molecule has 4 nitrogen and oxygen atoms in total. The molecule has 0 amide bonds. The van der Waals surface area contributed by atoms with Crippen LogP contribution in [0.25, 0.3) is 124 Å². The standard InChI is InChI=1S/C55H32N4S2/c1-2-13-33(14-3-1)53-56-54(36-25-27-41-39-18-7-10-23-49(39)60-51(41)31-36)58-55(57-53)44-28-26-37(32-45(44)43-21-12-20-42-40-19-8-11-24-50(40)61-52(42)43)59-47-22-9-6-17-38(47)46-29-34-15-4-5-16-35(34)30-48(46)59/h1-32H. The average Bonchev–Trinajstić information content (AvgIpc) is 4.00. The van der Waals surface area contributed by atoms with Crippen LogP contribution in [0.2, 0.25) is 0 Å². The Balaban J connectivity index is 1.09. The molecule has 4 aromatic heterocycles. The molecule has 0 N–H and O–H groups in total. The van der Waals surface area contributed by atoms with Crippen LogP contribution in [0, 0.1) is 0 Å². The summed E-state index contributed by atoms with van der Waals surface area (Å²) in [6.07, 6.45) is 0. The molecule has 4 heterocycles. The van der Waals surface area contributed by atoms with E-state index in [-0.39, 0.29) is 0 Å². The lowest BCUT2D eigenvalue weighted by Gasteiger charge is -2.16. The van der Waals surface area contributed by atoms with E-state index in [1.807, 2.05) is 29.5 Å². The molecule has 0 saturated heterocycles. The molecule has 284 valence electrons. The van der Waals surface area contributed by atoms with Gasteiger partial charge in [0.2, 0.25) is 0 Å². The summed E-state index contributed by atoms with van der Waals surface area (Å²) in [5.74, 6) is 1.92. The van der Waals surface area contributed by atoms with Gasteiger partial charge in [0.05, 0.1) is 11.0 Å². The molecule has 0 fully saturated rings. The molecular weight excluding hydrogens is 781 g/mol. The maximum atomic E-state index is 5.37. The van der Waals surface area contributed by atoms with Gasteiger partial charge in [0, 0.05) is 79.1 Å². The largest absolute Gasteiger partial charge is 0.309 e. The van der Waals surface area contributed by atoms with Crippen molar-refractivity contribution < 1.29 is 0 Å². The molecule has 13 rings (SSSR count). The van der Waals surface area contributed by atoms with E-state index in [0.29, 0.717) is 17.5 Å². The first-order valence-corrected chi connectivity index (χ1v) is 22.1. The maximum absolute atomic E-state index is 5.37. The van der Waals surface area contributed by atoms with Gasteiger partial charge in [0.25, 0.3) is 0 Å². The Hall–Kier alpha value is -7.51. The van der Waals surface area contributed by atoms with Crippen molar-refractivity contribution in [2.75, 3.05) is 0 Å². The fraction of sp³-hybridized carbons (Fsp3) is 0. The Morgan fingerprint density at radius 3 is 1.80 bits per heavy atom. The summed E-state index contributed by atoms with van der Waals surface area (Å²) in [4.78, 5) is 15.9. The molecule has 6 heteroatoms.